The quantitative estimate of drug-likeness (QED) is 0.132. The second kappa shape index (κ2) is 14.8. The fourth-order valence-electron chi connectivity index (χ4n) is 4.28. The number of rotatable bonds is 5. The van der Waals surface area contributed by atoms with E-state index in [4.69, 9.17) is 0 Å². The van der Waals surface area contributed by atoms with Crippen molar-refractivity contribution in [1.82, 2.24) is 9.97 Å². The van der Waals surface area contributed by atoms with Gasteiger partial charge in [-0.1, -0.05) is 95.6 Å². The van der Waals surface area contributed by atoms with Gasteiger partial charge in [0.25, 0.3) is 0 Å². The average molecular weight is 710 g/mol. The predicted molar refractivity (Wildman–Crippen MR) is 167 cm³/mol. The molecule has 0 N–H and O–H groups in total. The van der Waals surface area contributed by atoms with Crippen molar-refractivity contribution in [3.8, 4) is 33.6 Å². The zero-order valence-corrected chi connectivity index (χ0v) is 25.3. The standard InChI is InChI=1S/C27H22N.C11H8N.Pt/c1-20-6-8-22(9-7-20)19-21(2)23-10-12-24(13-11-23)25-14-16-26(17-15-25)27-5-3-4-18-28-27;1-2-6-10(7-3-1)11-8-4-5-9-12-11;/h3-16,18-19H,1-2H3;1-6,8-9H;/q2*-1;+2. The van der Waals surface area contributed by atoms with Crippen molar-refractivity contribution in [2.75, 3.05) is 0 Å². The monoisotopic (exact) mass is 709 g/mol. The Morgan fingerprint density at radius 2 is 1.22 bits per heavy atom. The van der Waals surface area contributed by atoms with Crippen LogP contribution in [0.1, 0.15) is 23.6 Å². The molecular formula is C38H30N2Pt. The fourth-order valence-corrected chi connectivity index (χ4v) is 4.28. The van der Waals surface area contributed by atoms with Gasteiger partial charge in [0.1, 0.15) is 0 Å². The first-order valence-corrected chi connectivity index (χ1v) is 13.3. The molecule has 6 rings (SSSR count). The minimum absolute atomic E-state index is 0. The molecule has 0 aliphatic rings. The Bertz CT molecular complexity index is 1610. The van der Waals surface area contributed by atoms with Crippen LogP contribution in [0.5, 0.6) is 0 Å². The normalized spacial score (nSPS) is 10.6. The number of allylic oxidation sites excluding steroid dienone is 1. The van der Waals surface area contributed by atoms with Crippen LogP contribution in [0.3, 0.4) is 0 Å². The molecule has 0 atom stereocenters. The van der Waals surface area contributed by atoms with E-state index >= 15 is 0 Å². The molecule has 2 nitrogen and oxygen atoms in total. The van der Waals surface area contributed by atoms with E-state index in [2.05, 4.69) is 103 Å². The minimum Gasteiger partial charge on any atom is -0.305 e. The number of hydrogen-bond acceptors (Lipinski definition) is 2. The van der Waals surface area contributed by atoms with E-state index in [1.54, 1.807) is 6.20 Å². The van der Waals surface area contributed by atoms with Gasteiger partial charge in [-0.25, -0.2) is 0 Å². The summed E-state index contributed by atoms with van der Waals surface area (Å²) >= 11 is 0. The largest absolute Gasteiger partial charge is 2.00 e. The van der Waals surface area contributed by atoms with Gasteiger partial charge in [0.05, 0.1) is 0 Å². The first-order valence-electron chi connectivity index (χ1n) is 13.3. The molecule has 0 spiro atoms. The van der Waals surface area contributed by atoms with Crippen molar-refractivity contribution in [2.24, 2.45) is 0 Å². The molecule has 4 aromatic carbocycles. The molecule has 0 unspecified atom stereocenters. The Kier molecular flexibility index (Phi) is 10.7. The Morgan fingerprint density at radius 3 is 1.76 bits per heavy atom. The topological polar surface area (TPSA) is 25.8 Å². The molecule has 0 aliphatic heterocycles. The van der Waals surface area contributed by atoms with Crippen LogP contribution in [0.2, 0.25) is 0 Å². The first-order chi connectivity index (χ1) is 19.7. The van der Waals surface area contributed by atoms with Gasteiger partial charge in [-0.05, 0) is 54.1 Å². The molecule has 0 fully saturated rings. The van der Waals surface area contributed by atoms with Gasteiger partial charge >= 0.3 is 21.1 Å². The average Bonchev–Trinajstić information content (AvgIpc) is 3.04. The number of nitrogens with zero attached hydrogens (tertiary/aromatic N) is 2. The van der Waals surface area contributed by atoms with Crippen molar-refractivity contribution >= 4 is 11.6 Å². The van der Waals surface area contributed by atoms with E-state index < -0.39 is 0 Å². The maximum atomic E-state index is 4.38. The fraction of sp³-hybridized carbons (Fsp3) is 0.0526. The molecule has 0 radical (unpaired) electrons. The van der Waals surface area contributed by atoms with Crippen molar-refractivity contribution < 1.29 is 21.1 Å². The molecule has 202 valence electrons. The molecule has 3 heteroatoms. The summed E-state index contributed by atoms with van der Waals surface area (Å²) in [5.74, 6) is 0. The summed E-state index contributed by atoms with van der Waals surface area (Å²) in [5.41, 5.74) is 11.3. The summed E-state index contributed by atoms with van der Waals surface area (Å²) in [6.07, 6.45) is 5.82. The van der Waals surface area contributed by atoms with Crippen LogP contribution in [-0.2, 0) is 21.1 Å². The van der Waals surface area contributed by atoms with Crippen molar-refractivity contribution in [2.45, 2.75) is 13.8 Å². The molecule has 6 aromatic rings. The smallest absolute Gasteiger partial charge is 0.305 e. The number of pyridine rings is 2. The molecule has 2 heterocycles. The van der Waals surface area contributed by atoms with Crippen molar-refractivity contribution in [1.29, 1.82) is 0 Å². The van der Waals surface area contributed by atoms with E-state index in [9.17, 15) is 0 Å². The van der Waals surface area contributed by atoms with E-state index in [1.807, 2.05) is 72.9 Å². The van der Waals surface area contributed by atoms with Crippen LogP contribution < -0.4 is 0 Å². The zero-order valence-electron chi connectivity index (χ0n) is 23.1. The van der Waals surface area contributed by atoms with Crippen LogP contribution in [0, 0.1) is 19.1 Å². The molecule has 2 aromatic heterocycles. The second-order valence-corrected chi connectivity index (χ2v) is 9.51. The third kappa shape index (κ3) is 8.30. The van der Waals surface area contributed by atoms with Crippen LogP contribution in [0.15, 0.2) is 140 Å². The van der Waals surface area contributed by atoms with Gasteiger partial charge in [-0.3, -0.25) is 0 Å². The van der Waals surface area contributed by atoms with Gasteiger partial charge in [-0.2, -0.15) is 0 Å². The maximum absolute atomic E-state index is 4.38. The summed E-state index contributed by atoms with van der Waals surface area (Å²) in [4.78, 5) is 8.60. The molecule has 0 amide bonds. The first kappa shape index (κ1) is 29.6. The van der Waals surface area contributed by atoms with Crippen molar-refractivity contribution in [3.63, 3.8) is 0 Å². The SMILES string of the molecule is CC(=Cc1ccc(C)cc1)c1ccc(-c2c[c-]c(-c3ccccn3)cc2)cc1.[Pt+2].[c-]1ccccc1-c1ccccn1. The number of aromatic nitrogens is 2. The van der Waals surface area contributed by atoms with E-state index in [1.165, 1.54) is 27.8 Å². The molecule has 0 bridgehead atoms. The van der Waals surface area contributed by atoms with Gasteiger partial charge < -0.3 is 9.97 Å². The van der Waals surface area contributed by atoms with Crippen molar-refractivity contribution in [3.05, 3.63) is 169 Å². The van der Waals surface area contributed by atoms with Gasteiger partial charge in [0.15, 0.2) is 0 Å². The summed E-state index contributed by atoms with van der Waals surface area (Å²) in [7, 11) is 0. The third-order valence-corrected chi connectivity index (χ3v) is 6.54. The Balaban J connectivity index is 0.000000249. The third-order valence-electron chi connectivity index (χ3n) is 6.54. The van der Waals surface area contributed by atoms with E-state index in [0.29, 0.717) is 0 Å². The molecule has 0 saturated carbocycles. The van der Waals surface area contributed by atoms with Gasteiger partial charge in [0, 0.05) is 12.4 Å². The van der Waals surface area contributed by atoms with Crippen LogP contribution in [0.25, 0.3) is 45.3 Å². The van der Waals surface area contributed by atoms with Crippen LogP contribution in [-0.4, -0.2) is 9.97 Å². The maximum Gasteiger partial charge on any atom is 2.00 e. The number of benzene rings is 4. The molecular weight excluding hydrogens is 680 g/mol. The van der Waals surface area contributed by atoms with E-state index in [0.717, 1.165) is 28.1 Å². The van der Waals surface area contributed by atoms with Crippen LogP contribution >= 0.6 is 0 Å². The number of hydrogen-bond donors (Lipinski definition) is 0. The molecule has 0 saturated heterocycles. The van der Waals surface area contributed by atoms with E-state index in [-0.39, 0.29) is 21.1 Å². The minimum atomic E-state index is 0. The number of aryl methyl sites for hydroxylation is 1. The summed E-state index contributed by atoms with van der Waals surface area (Å²) in [6.45, 7) is 4.27. The van der Waals surface area contributed by atoms with Gasteiger partial charge in [-0.15, -0.1) is 65.7 Å². The Morgan fingerprint density at radius 1 is 0.610 bits per heavy atom. The van der Waals surface area contributed by atoms with Crippen LogP contribution in [0.4, 0.5) is 0 Å². The summed E-state index contributed by atoms with van der Waals surface area (Å²) < 4.78 is 0. The second-order valence-electron chi connectivity index (χ2n) is 9.51. The zero-order chi connectivity index (χ0) is 27.6. The van der Waals surface area contributed by atoms with Gasteiger partial charge in [0.2, 0.25) is 0 Å². The molecule has 41 heavy (non-hydrogen) atoms. The summed E-state index contributed by atoms with van der Waals surface area (Å²) in [6, 6.07) is 49.7. The Labute approximate surface area is 257 Å². The predicted octanol–water partition coefficient (Wildman–Crippen LogP) is 9.63. The summed E-state index contributed by atoms with van der Waals surface area (Å²) in [5, 5.41) is 0. The molecule has 0 aliphatic carbocycles. The Hall–Kier alpha value is -4.39.